The number of aryl methyl sites for hydroxylation is 1. The van der Waals surface area contributed by atoms with E-state index in [2.05, 4.69) is 44.8 Å². The highest BCUT2D eigenvalue weighted by atomic mass is 32.2. The van der Waals surface area contributed by atoms with E-state index in [1.807, 2.05) is 18.2 Å². The van der Waals surface area contributed by atoms with E-state index >= 15 is 0 Å². The van der Waals surface area contributed by atoms with Gasteiger partial charge in [0.25, 0.3) is 5.56 Å². The molecular formula is C21H26N4O2S. The zero-order valence-corrected chi connectivity index (χ0v) is 18.0. The minimum atomic E-state index is -0.384. The van der Waals surface area contributed by atoms with Crippen molar-refractivity contribution in [2.75, 3.05) is 0 Å². The first kappa shape index (κ1) is 20.3. The standard InChI is InChI=1S/C21H26N4O2S/c1-13(14-10-8-7-9-11-14)28-18-16-17(22-15(23-18)12-21(2,3)4)24(5)20(27)25(6)19(16)26/h7-11,13H,12H2,1-6H3/t13-/m0/s1. The Labute approximate surface area is 168 Å². The maximum atomic E-state index is 12.9. The Morgan fingerprint density at radius 1 is 1.04 bits per heavy atom. The fourth-order valence-electron chi connectivity index (χ4n) is 3.07. The Hall–Kier alpha value is -2.41. The van der Waals surface area contributed by atoms with Gasteiger partial charge in [-0.25, -0.2) is 14.8 Å². The van der Waals surface area contributed by atoms with Crippen LogP contribution in [0, 0.1) is 5.41 Å². The minimum Gasteiger partial charge on any atom is -0.280 e. The molecule has 3 aromatic rings. The molecular weight excluding hydrogens is 372 g/mol. The third-order valence-electron chi connectivity index (χ3n) is 4.56. The molecule has 28 heavy (non-hydrogen) atoms. The van der Waals surface area contributed by atoms with E-state index in [0.717, 1.165) is 10.1 Å². The summed E-state index contributed by atoms with van der Waals surface area (Å²) in [6.07, 6.45) is 0.652. The van der Waals surface area contributed by atoms with Crippen molar-refractivity contribution < 1.29 is 0 Å². The number of hydrogen-bond donors (Lipinski definition) is 0. The average molecular weight is 399 g/mol. The van der Waals surface area contributed by atoms with Crippen LogP contribution in [-0.4, -0.2) is 19.1 Å². The molecule has 0 fully saturated rings. The molecule has 0 unspecified atom stereocenters. The quantitative estimate of drug-likeness (QED) is 0.497. The largest absolute Gasteiger partial charge is 0.332 e. The van der Waals surface area contributed by atoms with Crippen molar-refractivity contribution in [3.05, 3.63) is 62.6 Å². The maximum Gasteiger partial charge on any atom is 0.332 e. The fourth-order valence-corrected chi connectivity index (χ4v) is 4.15. The van der Waals surface area contributed by atoms with Gasteiger partial charge in [-0.1, -0.05) is 62.9 Å². The second-order valence-corrected chi connectivity index (χ2v) is 9.59. The lowest BCUT2D eigenvalue weighted by Crippen LogP contribution is -2.38. The summed E-state index contributed by atoms with van der Waals surface area (Å²) in [7, 11) is 3.13. The lowest BCUT2D eigenvalue weighted by molar-refractivity contribution is 0.399. The van der Waals surface area contributed by atoms with Crippen LogP contribution in [0.25, 0.3) is 11.0 Å². The summed E-state index contributed by atoms with van der Waals surface area (Å²) in [5, 5.41) is 1.12. The van der Waals surface area contributed by atoms with Gasteiger partial charge in [0.1, 0.15) is 16.2 Å². The minimum absolute atomic E-state index is 0.0146. The van der Waals surface area contributed by atoms with Gasteiger partial charge in [0.2, 0.25) is 0 Å². The van der Waals surface area contributed by atoms with Gasteiger partial charge in [-0.15, -0.1) is 0 Å². The number of aromatic nitrogens is 4. The molecule has 0 aliphatic rings. The third-order valence-corrected chi connectivity index (χ3v) is 5.70. The van der Waals surface area contributed by atoms with Gasteiger partial charge >= 0.3 is 5.69 Å². The summed E-state index contributed by atoms with van der Waals surface area (Å²) in [4.78, 5) is 34.6. The van der Waals surface area contributed by atoms with Gasteiger partial charge in [-0.3, -0.25) is 13.9 Å². The molecule has 0 amide bonds. The van der Waals surface area contributed by atoms with E-state index < -0.39 is 0 Å². The van der Waals surface area contributed by atoms with Crippen LogP contribution >= 0.6 is 11.8 Å². The molecule has 2 heterocycles. The maximum absolute atomic E-state index is 12.9. The van der Waals surface area contributed by atoms with E-state index in [1.54, 1.807) is 7.05 Å². The van der Waals surface area contributed by atoms with Gasteiger partial charge in [-0.2, -0.15) is 0 Å². The molecule has 0 radical (unpaired) electrons. The van der Waals surface area contributed by atoms with Crippen molar-refractivity contribution in [1.82, 2.24) is 19.1 Å². The van der Waals surface area contributed by atoms with Crippen molar-refractivity contribution >= 4 is 22.8 Å². The number of fused-ring (bicyclic) bond motifs is 1. The van der Waals surface area contributed by atoms with Crippen LogP contribution in [0.3, 0.4) is 0 Å². The Bertz CT molecular complexity index is 1130. The Balaban J connectivity index is 2.23. The highest BCUT2D eigenvalue weighted by molar-refractivity contribution is 7.99. The normalized spacial score (nSPS) is 13.1. The number of thioether (sulfide) groups is 1. The van der Waals surface area contributed by atoms with Gasteiger partial charge in [0, 0.05) is 25.8 Å². The third kappa shape index (κ3) is 4.04. The number of nitrogens with zero attached hydrogens (tertiary/aromatic N) is 4. The first-order chi connectivity index (χ1) is 13.1. The first-order valence-electron chi connectivity index (χ1n) is 9.27. The monoisotopic (exact) mass is 398 g/mol. The lowest BCUT2D eigenvalue weighted by Gasteiger charge is -2.19. The molecule has 0 aliphatic heterocycles. The van der Waals surface area contributed by atoms with E-state index in [4.69, 9.17) is 4.98 Å². The van der Waals surface area contributed by atoms with Crippen LogP contribution in [0.15, 0.2) is 44.9 Å². The zero-order chi connectivity index (χ0) is 20.6. The summed E-state index contributed by atoms with van der Waals surface area (Å²) in [6.45, 7) is 8.43. The molecule has 3 rings (SSSR count). The lowest BCUT2D eigenvalue weighted by atomic mass is 9.92. The number of hydrogen-bond acceptors (Lipinski definition) is 5. The predicted octanol–water partition coefficient (Wildman–Crippen LogP) is 3.47. The van der Waals surface area contributed by atoms with Gasteiger partial charge < -0.3 is 0 Å². The molecule has 1 atom stereocenters. The van der Waals surface area contributed by atoms with Crippen LogP contribution < -0.4 is 11.2 Å². The molecule has 0 spiro atoms. The molecule has 6 nitrogen and oxygen atoms in total. The smallest absolute Gasteiger partial charge is 0.280 e. The number of benzene rings is 1. The SMILES string of the molecule is C[C@H](Sc1nc(CC(C)(C)C)nc2c1c(=O)n(C)c(=O)n2C)c1ccccc1. The molecule has 7 heteroatoms. The predicted molar refractivity (Wildman–Crippen MR) is 114 cm³/mol. The molecule has 0 saturated heterocycles. The van der Waals surface area contributed by atoms with Crippen molar-refractivity contribution in [2.24, 2.45) is 19.5 Å². The Kier molecular flexibility index (Phi) is 5.48. The Morgan fingerprint density at radius 2 is 1.68 bits per heavy atom. The molecule has 0 bridgehead atoms. The van der Waals surface area contributed by atoms with E-state index in [0.29, 0.717) is 28.3 Å². The second-order valence-electron chi connectivity index (χ2n) is 8.26. The summed E-state index contributed by atoms with van der Waals surface area (Å²) in [5.41, 5.74) is 0.788. The van der Waals surface area contributed by atoms with Crippen LogP contribution in [-0.2, 0) is 20.5 Å². The van der Waals surface area contributed by atoms with E-state index in [-0.39, 0.29) is 21.9 Å². The van der Waals surface area contributed by atoms with Crippen LogP contribution in [0.4, 0.5) is 0 Å². The summed E-state index contributed by atoms with van der Waals surface area (Å²) in [6, 6.07) is 10.1. The van der Waals surface area contributed by atoms with E-state index in [1.165, 1.54) is 23.4 Å². The van der Waals surface area contributed by atoms with Crippen LogP contribution in [0.2, 0.25) is 0 Å². The zero-order valence-electron chi connectivity index (χ0n) is 17.2. The Morgan fingerprint density at radius 3 is 2.29 bits per heavy atom. The molecule has 1 aromatic carbocycles. The molecule has 0 N–H and O–H groups in total. The molecule has 0 saturated carbocycles. The highest BCUT2D eigenvalue weighted by Gasteiger charge is 2.22. The fraction of sp³-hybridized carbons (Fsp3) is 0.429. The second kappa shape index (κ2) is 7.54. The van der Waals surface area contributed by atoms with Crippen molar-refractivity contribution in [3.63, 3.8) is 0 Å². The summed E-state index contributed by atoms with van der Waals surface area (Å²) in [5.74, 6) is 0.644. The molecule has 2 aromatic heterocycles. The average Bonchev–Trinajstić information content (AvgIpc) is 2.63. The van der Waals surface area contributed by atoms with Crippen molar-refractivity contribution in [2.45, 2.75) is 44.4 Å². The highest BCUT2D eigenvalue weighted by Crippen LogP contribution is 2.36. The topological polar surface area (TPSA) is 69.8 Å². The molecule has 148 valence electrons. The summed E-state index contributed by atoms with van der Waals surface area (Å²) >= 11 is 1.52. The molecule has 0 aliphatic carbocycles. The first-order valence-corrected chi connectivity index (χ1v) is 10.1. The van der Waals surface area contributed by atoms with Crippen LogP contribution in [0.1, 0.15) is 44.3 Å². The van der Waals surface area contributed by atoms with Crippen molar-refractivity contribution in [3.8, 4) is 0 Å². The van der Waals surface area contributed by atoms with Gasteiger partial charge in [-0.05, 0) is 17.9 Å². The summed E-state index contributed by atoms with van der Waals surface area (Å²) < 4.78 is 2.55. The number of rotatable bonds is 4. The van der Waals surface area contributed by atoms with Crippen LogP contribution in [0.5, 0.6) is 0 Å². The van der Waals surface area contributed by atoms with Gasteiger partial charge in [0.05, 0.1) is 0 Å². The van der Waals surface area contributed by atoms with E-state index in [9.17, 15) is 9.59 Å². The van der Waals surface area contributed by atoms with Crippen molar-refractivity contribution in [1.29, 1.82) is 0 Å². The van der Waals surface area contributed by atoms with Gasteiger partial charge in [0.15, 0.2) is 5.65 Å².